The molecule has 1 aromatic heterocycles. The predicted molar refractivity (Wildman–Crippen MR) is 70.9 cm³/mol. The quantitative estimate of drug-likeness (QED) is 0.850. The molecule has 0 aliphatic heterocycles. The minimum absolute atomic E-state index is 0.298. The lowest BCUT2D eigenvalue weighted by Gasteiger charge is -2.17. The number of nitrogens with zero attached hydrogens (tertiary/aromatic N) is 1. The van der Waals surface area contributed by atoms with Crippen LogP contribution < -0.4 is 5.73 Å². The molecule has 2 heteroatoms. The van der Waals surface area contributed by atoms with Crippen molar-refractivity contribution >= 4 is 0 Å². The summed E-state index contributed by atoms with van der Waals surface area (Å²) in [6, 6.07) is 0.298. The van der Waals surface area contributed by atoms with Gasteiger partial charge in [0, 0.05) is 25.0 Å². The summed E-state index contributed by atoms with van der Waals surface area (Å²) < 4.78 is 2.40. The zero-order valence-electron chi connectivity index (χ0n) is 10.7. The molecule has 1 atom stereocenters. The smallest absolute Gasteiger partial charge is 0.0312 e. The van der Waals surface area contributed by atoms with E-state index >= 15 is 0 Å². The van der Waals surface area contributed by atoms with Gasteiger partial charge in [-0.15, -0.1) is 0 Å². The van der Waals surface area contributed by atoms with E-state index in [2.05, 4.69) is 17.0 Å². The Morgan fingerprint density at radius 1 is 1.12 bits per heavy atom. The number of hydrogen-bond donors (Lipinski definition) is 1. The molecule has 2 aliphatic carbocycles. The van der Waals surface area contributed by atoms with Crippen molar-refractivity contribution in [2.45, 2.75) is 64.0 Å². The summed E-state index contributed by atoms with van der Waals surface area (Å²) in [5.74, 6) is 0.989. The molecule has 0 spiro atoms. The molecule has 0 saturated heterocycles. The Morgan fingerprint density at radius 3 is 2.71 bits per heavy atom. The Morgan fingerprint density at radius 2 is 1.94 bits per heavy atom. The Hall–Kier alpha value is -0.760. The van der Waals surface area contributed by atoms with Gasteiger partial charge in [0.05, 0.1) is 0 Å². The molecular formula is C15H24N2. The highest BCUT2D eigenvalue weighted by atomic mass is 14.9. The van der Waals surface area contributed by atoms with Crippen LogP contribution in [0.4, 0.5) is 0 Å². The molecule has 1 saturated carbocycles. The highest BCUT2D eigenvalue weighted by Crippen LogP contribution is 2.30. The summed E-state index contributed by atoms with van der Waals surface area (Å²) in [5.41, 5.74) is 9.09. The monoisotopic (exact) mass is 232 g/mol. The van der Waals surface area contributed by atoms with E-state index in [1.807, 2.05) is 0 Å². The number of rotatable bonds is 3. The van der Waals surface area contributed by atoms with Crippen molar-refractivity contribution in [2.75, 3.05) is 0 Å². The molecule has 0 amide bonds. The van der Waals surface area contributed by atoms with Crippen LogP contribution in [0.2, 0.25) is 0 Å². The minimum atomic E-state index is 0.298. The Kier molecular flexibility index (Phi) is 3.24. The fourth-order valence-corrected chi connectivity index (χ4v) is 3.54. The first kappa shape index (κ1) is 11.3. The zero-order chi connectivity index (χ0) is 11.7. The minimum Gasteiger partial charge on any atom is -0.354 e. The van der Waals surface area contributed by atoms with E-state index < -0.39 is 0 Å². The maximum Gasteiger partial charge on any atom is 0.0312 e. The van der Waals surface area contributed by atoms with Crippen molar-refractivity contribution in [3.05, 3.63) is 23.5 Å². The molecule has 0 bridgehead atoms. The predicted octanol–water partition coefficient (Wildman–Crippen LogP) is 3.40. The number of fused-ring (bicyclic) bond motifs is 1. The second-order valence-corrected chi connectivity index (χ2v) is 5.91. The van der Waals surface area contributed by atoms with Crippen LogP contribution in [-0.4, -0.2) is 4.57 Å². The summed E-state index contributed by atoms with van der Waals surface area (Å²) in [4.78, 5) is 0. The zero-order valence-corrected chi connectivity index (χ0v) is 10.7. The van der Waals surface area contributed by atoms with Crippen LogP contribution in [0.1, 0.15) is 62.1 Å². The first-order valence-electron chi connectivity index (χ1n) is 7.27. The number of hydrogen-bond acceptors (Lipinski definition) is 1. The molecular weight excluding hydrogens is 208 g/mol. The van der Waals surface area contributed by atoms with E-state index in [0.29, 0.717) is 6.04 Å². The molecule has 2 nitrogen and oxygen atoms in total. The van der Waals surface area contributed by atoms with Crippen LogP contribution in [0.15, 0.2) is 12.4 Å². The van der Waals surface area contributed by atoms with E-state index in [1.54, 1.807) is 0 Å². The number of aromatic nitrogens is 1. The average Bonchev–Trinajstić information content (AvgIpc) is 2.95. The second-order valence-electron chi connectivity index (χ2n) is 5.91. The van der Waals surface area contributed by atoms with Gasteiger partial charge in [0.15, 0.2) is 0 Å². The molecule has 1 aromatic rings. The first-order chi connectivity index (χ1) is 8.33. The van der Waals surface area contributed by atoms with E-state index in [4.69, 9.17) is 5.73 Å². The van der Waals surface area contributed by atoms with Crippen molar-refractivity contribution in [3.8, 4) is 0 Å². The van der Waals surface area contributed by atoms with Gasteiger partial charge in [0.1, 0.15) is 0 Å². The normalized spacial score (nSPS) is 25.1. The Bertz CT molecular complexity index is 374. The number of aryl methyl sites for hydroxylation is 2. The molecule has 94 valence electrons. The molecule has 17 heavy (non-hydrogen) atoms. The van der Waals surface area contributed by atoms with Gasteiger partial charge in [0.25, 0.3) is 0 Å². The van der Waals surface area contributed by atoms with Crippen molar-refractivity contribution in [1.29, 1.82) is 0 Å². The summed E-state index contributed by atoms with van der Waals surface area (Å²) >= 11 is 0. The van der Waals surface area contributed by atoms with Crippen molar-refractivity contribution in [2.24, 2.45) is 11.7 Å². The summed E-state index contributed by atoms with van der Waals surface area (Å²) in [5, 5.41) is 0. The lowest BCUT2D eigenvalue weighted by molar-refractivity contribution is 0.458. The van der Waals surface area contributed by atoms with Gasteiger partial charge < -0.3 is 10.3 Å². The molecule has 0 radical (unpaired) electrons. The fraction of sp³-hybridized carbons (Fsp3) is 0.733. The number of nitrogens with two attached hydrogens (primary N) is 1. The van der Waals surface area contributed by atoms with Gasteiger partial charge in [-0.25, -0.2) is 0 Å². The lowest BCUT2D eigenvalue weighted by atomic mass is 9.92. The van der Waals surface area contributed by atoms with Gasteiger partial charge in [-0.05, 0) is 42.7 Å². The SMILES string of the molecule is NC1CCCc2cn(CCC3CCCC3)cc21. The van der Waals surface area contributed by atoms with E-state index in [-0.39, 0.29) is 0 Å². The van der Waals surface area contributed by atoms with Crippen LogP contribution in [0, 0.1) is 5.92 Å². The third-order valence-electron chi connectivity index (χ3n) is 4.63. The van der Waals surface area contributed by atoms with Crippen LogP contribution in [-0.2, 0) is 13.0 Å². The summed E-state index contributed by atoms with van der Waals surface area (Å²) in [7, 11) is 0. The molecule has 3 rings (SSSR count). The van der Waals surface area contributed by atoms with Gasteiger partial charge in [-0.1, -0.05) is 25.7 Å². The van der Waals surface area contributed by atoms with E-state index in [0.717, 1.165) is 5.92 Å². The Labute approximate surface area is 104 Å². The average molecular weight is 232 g/mol. The van der Waals surface area contributed by atoms with Crippen LogP contribution in [0.25, 0.3) is 0 Å². The van der Waals surface area contributed by atoms with Gasteiger partial charge in [-0.3, -0.25) is 0 Å². The van der Waals surface area contributed by atoms with Crippen LogP contribution >= 0.6 is 0 Å². The second kappa shape index (κ2) is 4.85. The van der Waals surface area contributed by atoms with Crippen molar-refractivity contribution in [3.63, 3.8) is 0 Å². The van der Waals surface area contributed by atoms with E-state index in [1.165, 1.54) is 69.0 Å². The lowest BCUT2D eigenvalue weighted by Crippen LogP contribution is -2.15. The van der Waals surface area contributed by atoms with E-state index in [9.17, 15) is 0 Å². The van der Waals surface area contributed by atoms with Gasteiger partial charge in [-0.2, -0.15) is 0 Å². The largest absolute Gasteiger partial charge is 0.354 e. The molecule has 2 N–H and O–H groups in total. The van der Waals surface area contributed by atoms with Crippen LogP contribution in [0.3, 0.4) is 0 Å². The third kappa shape index (κ3) is 2.42. The topological polar surface area (TPSA) is 30.9 Å². The van der Waals surface area contributed by atoms with Crippen molar-refractivity contribution in [1.82, 2.24) is 4.57 Å². The maximum absolute atomic E-state index is 6.16. The van der Waals surface area contributed by atoms with Gasteiger partial charge >= 0.3 is 0 Å². The van der Waals surface area contributed by atoms with Crippen molar-refractivity contribution < 1.29 is 0 Å². The molecule has 0 aromatic carbocycles. The summed E-state index contributed by atoms with van der Waals surface area (Å²) in [6.45, 7) is 1.20. The molecule has 2 aliphatic rings. The van der Waals surface area contributed by atoms with Gasteiger partial charge in [0.2, 0.25) is 0 Å². The molecule has 1 unspecified atom stereocenters. The molecule has 1 fully saturated rings. The summed E-state index contributed by atoms with van der Waals surface area (Å²) in [6.07, 6.45) is 15.5. The highest BCUT2D eigenvalue weighted by Gasteiger charge is 2.19. The highest BCUT2D eigenvalue weighted by molar-refractivity contribution is 5.29. The third-order valence-corrected chi connectivity index (χ3v) is 4.63. The maximum atomic E-state index is 6.16. The first-order valence-corrected chi connectivity index (χ1v) is 7.27. The fourth-order valence-electron chi connectivity index (χ4n) is 3.54. The Balaban J connectivity index is 1.63. The molecule has 1 heterocycles. The van der Waals surface area contributed by atoms with Crippen LogP contribution in [0.5, 0.6) is 0 Å². The standard InChI is InChI=1S/C15H24N2/c16-15-7-3-6-13-10-17(11-14(13)15)9-8-12-4-1-2-5-12/h10-12,15H,1-9,16H2.